The van der Waals surface area contributed by atoms with E-state index in [1.165, 1.54) is 0 Å². The van der Waals surface area contributed by atoms with Crippen molar-refractivity contribution in [3.63, 3.8) is 0 Å². The van der Waals surface area contributed by atoms with E-state index >= 15 is 0 Å². The van der Waals surface area contributed by atoms with E-state index in [4.69, 9.17) is 4.74 Å². The number of hydrogen-bond donors (Lipinski definition) is 2. The fraction of sp³-hybridized carbons (Fsp3) is 0.333. The third-order valence-corrected chi connectivity index (χ3v) is 2.69. The maximum absolute atomic E-state index is 9.73. The molecule has 2 aromatic rings. The number of ether oxygens (including phenoxy) is 1. The van der Waals surface area contributed by atoms with Gasteiger partial charge < -0.3 is 20.1 Å². The number of aliphatic hydroxyl groups excluding tert-OH is 1. The number of benzene rings is 1. The summed E-state index contributed by atoms with van der Waals surface area (Å²) in [7, 11) is 3.82. The highest BCUT2D eigenvalue weighted by Gasteiger charge is 2.06. The molecule has 0 amide bonds. The summed E-state index contributed by atoms with van der Waals surface area (Å²) in [6.45, 7) is 0.845. The van der Waals surface area contributed by atoms with Crippen LogP contribution < -0.4 is 10.1 Å². The van der Waals surface area contributed by atoms with Crippen LogP contribution in [0.25, 0.3) is 0 Å². The van der Waals surface area contributed by atoms with Gasteiger partial charge in [-0.05, 0) is 44.4 Å². The molecule has 0 saturated carbocycles. The average molecular weight is 288 g/mol. The van der Waals surface area contributed by atoms with Crippen LogP contribution in [-0.4, -0.2) is 53.3 Å². The minimum atomic E-state index is -0.504. The molecule has 112 valence electrons. The third kappa shape index (κ3) is 5.37. The predicted molar refractivity (Wildman–Crippen MR) is 81.8 cm³/mol. The molecule has 21 heavy (non-hydrogen) atoms. The van der Waals surface area contributed by atoms with Crippen LogP contribution >= 0.6 is 0 Å². The molecular weight excluding hydrogens is 268 g/mol. The number of nitrogens with one attached hydrogen (secondary N) is 1. The van der Waals surface area contributed by atoms with Gasteiger partial charge in [-0.15, -0.1) is 0 Å². The fourth-order valence-electron chi connectivity index (χ4n) is 1.79. The van der Waals surface area contributed by atoms with Gasteiger partial charge in [-0.1, -0.05) is 0 Å². The molecule has 1 unspecified atom stereocenters. The lowest BCUT2D eigenvalue weighted by molar-refractivity contribution is 0.0831. The van der Waals surface area contributed by atoms with Gasteiger partial charge in [-0.2, -0.15) is 0 Å². The third-order valence-electron chi connectivity index (χ3n) is 2.69. The van der Waals surface area contributed by atoms with Crippen LogP contribution in [0.2, 0.25) is 0 Å². The first-order chi connectivity index (χ1) is 10.1. The minimum Gasteiger partial charge on any atom is -0.491 e. The molecule has 1 aromatic carbocycles. The molecule has 0 radical (unpaired) electrons. The molecule has 0 saturated heterocycles. The van der Waals surface area contributed by atoms with Crippen LogP contribution in [0.15, 0.2) is 42.7 Å². The molecule has 6 nitrogen and oxygen atoms in total. The largest absolute Gasteiger partial charge is 0.491 e. The zero-order chi connectivity index (χ0) is 15.1. The summed E-state index contributed by atoms with van der Waals surface area (Å²) in [5.41, 5.74) is 0.877. The molecule has 1 atom stereocenters. The van der Waals surface area contributed by atoms with Crippen molar-refractivity contribution in [1.82, 2.24) is 14.9 Å². The Morgan fingerprint density at radius 3 is 2.48 bits per heavy atom. The van der Waals surface area contributed by atoms with Crippen molar-refractivity contribution in [2.75, 3.05) is 32.6 Å². The second-order valence-corrected chi connectivity index (χ2v) is 4.95. The van der Waals surface area contributed by atoms with Gasteiger partial charge in [-0.3, -0.25) is 0 Å². The Kier molecular flexibility index (Phi) is 5.48. The lowest BCUT2D eigenvalue weighted by Crippen LogP contribution is -2.30. The van der Waals surface area contributed by atoms with Crippen LogP contribution in [0.1, 0.15) is 0 Å². The van der Waals surface area contributed by atoms with E-state index in [-0.39, 0.29) is 6.61 Å². The Labute approximate surface area is 124 Å². The van der Waals surface area contributed by atoms with Crippen LogP contribution in [-0.2, 0) is 0 Å². The highest BCUT2D eigenvalue weighted by Crippen LogP contribution is 2.18. The Morgan fingerprint density at radius 2 is 1.86 bits per heavy atom. The van der Waals surface area contributed by atoms with Crippen molar-refractivity contribution in [2.24, 2.45) is 0 Å². The molecule has 0 aliphatic heterocycles. The van der Waals surface area contributed by atoms with Gasteiger partial charge in [0.1, 0.15) is 18.5 Å². The fourth-order valence-corrected chi connectivity index (χ4v) is 1.79. The topological polar surface area (TPSA) is 70.5 Å². The first-order valence-electron chi connectivity index (χ1n) is 6.73. The van der Waals surface area contributed by atoms with Gasteiger partial charge in [-0.25, -0.2) is 9.97 Å². The van der Waals surface area contributed by atoms with Crippen LogP contribution in [0, 0.1) is 0 Å². The standard InChI is InChI=1S/C15H20N4O2/c1-19(2)10-13(20)11-21-14-6-4-12(5-7-14)18-15-16-8-3-9-17-15/h3-9,13,20H,10-11H2,1-2H3,(H,16,17,18). The normalized spacial score (nSPS) is 12.2. The quantitative estimate of drug-likeness (QED) is 0.805. The summed E-state index contributed by atoms with van der Waals surface area (Å²) in [6, 6.07) is 9.20. The highest BCUT2D eigenvalue weighted by molar-refractivity contribution is 5.54. The van der Waals surface area contributed by atoms with Gasteiger partial charge in [0.25, 0.3) is 0 Å². The van der Waals surface area contributed by atoms with Gasteiger partial charge in [0.15, 0.2) is 0 Å². The Hall–Kier alpha value is -2.18. The first-order valence-corrected chi connectivity index (χ1v) is 6.73. The predicted octanol–water partition coefficient (Wildman–Crippen LogP) is 1.52. The van der Waals surface area contributed by atoms with Crippen LogP contribution in [0.3, 0.4) is 0 Å². The molecule has 1 aromatic heterocycles. The first kappa shape index (κ1) is 15.2. The number of nitrogens with zero attached hydrogens (tertiary/aromatic N) is 3. The second kappa shape index (κ2) is 7.56. The molecule has 1 heterocycles. The van der Waals surface area contributed by atoms with Crippen molar-refractivity contribution in [2.45, 2.75) is 6.10 Å². The second-order valence-electron chi connectivity index (χ2n) is 4.95. The van der Waals surface area contributed by atoms with E-state index in [1.807, 2.05) is 43.3 Å². The maximum Gasteiger partial charge on any atom is 0.227 e. The molecule has 2 N–H and O–H groups in total. The lowest BCUT2D eigenvalue weighted by Gasteiger charge is -2.16. The monoisotopic (exact) mass is 288 g/mol. The summed E-state index contributed by atoms with van der Waals surface area (Å²) in [6.07, 6.45) is 2.85. The van der Waals surface area contributed by atoms with Gasteiger partial charge in [0.2, 0.25) is 5.95 Å². The zero-order valence-electron chi connectivity index (χ0n) is 12.2. The Morgan fingerprint density at radius 1 is 1.19 bits per heavy atom. The summed E-state index contributed by atoms with van der Waals surface area (Å²) >= 11 is 0. The van der Waals surface area contributed by atoms with Gasteiger partial charge in [0, 0.05) is 24.6 Å². The van der Waals surface area contributed by atoms with E-state index < -0.39 is 6.10 Å². The zero-order valence-corrected chi connectivity index (χ0v) is 12.2. The molecule has 6 heteroatoms. The SMILES string of the molecule is CN(C)CC(O)COc1ccc(Nc2ncccn2)cc1. The van der Waals surface area contributed by atoms with Crippen molar-refractivity contribution in [1.29, 1.82) is 0 Å². The van der Waals surface area contributed by atoms with Crippen molar-refractivity contribution >= 4 is 11.6 Å². The lowest BCUT2D eigenvalue weighted by atomic mass is 10.3. The minimum absolute atomic E-state index is 0.271. The summed E-state index contributed by atoms with van der Waals surface area (Å²) in [5.74, 6) is 1.26. The van der Waals surface area contributed by atoms with Gasteiger partial charge in [0.05, 0.1) is 0 Å². The van der Waals surface area contributed by atoms with E-state index in [9.17, 15) is 5.11 Å². The summed E-state index contributed by atoms with van der Waals surface area (Å²) in [5, 5.41) is 12.8. The number of aromatic nitrogens is 2. The van der Waals surface area contributed by atoms with Crippen LogP contribution in [0.5, 0.6) is 5.75 Å². The smallest absolute Gasteiger partial charge is 0.227 e. The average Bonchev–Trinajstić information content (AvgIpc) is 2.47. The molecule has 0 spiro atoms. The molecule has 0 aliphatic rings. The Bertz CT molecular complexity index is 531. The molecule has 0 fully saturated rings. The van der Waals surface area contributed by atoms with Gasteiger partial charge >= 0.3 is 0 Å². The molecular formula is C15H20N4O2. The number of aliphatic hydroxyl groups is 1. The molecule has 0 aliphatic carbocycles. The van der Waals surface area contributed by atoms with E-state index in [1.54, 1.807) is 18.5 Å². The summed E-state index contributed by atoms with van der Waals surface area (Å²) < 4.78 is 5.54. The number of likely N-dealkylation sites (N-methyl/N-ethyl adjacent to an activating group) is 1. The van der Waals surface area contributed by atoms with Crippen LogP contribution in [0.4, 0.5) is 11.6 Å². The van der Waals surface area contributed by atoms with E-state index in [0.29, 0.717) is 18.2 Å². The Balaban J connectivity index is 1.84. The van der Waals surface area contributed by atoms with Crippen molar-refractivity contribution in [3.05, 3.63) is 42.7 Å². The molecule has 0 bridgehead atoms. The van der Waals surface area contributed by atoms with Crippen molar-refractivity contribution < 1.29 is 9.84 Å². The van der Waals surface area contributed by atoms with E-state index in [2.05, 4.69) is 15.3 Å². The summed E-state index contributed by atoms with van der Waals surface area (Å²) in [4.78, 5) is 10.1. The maximum atomic E-state index is 9.73. The number of rotatable bonds is 7. The number of hydrogen-bond acceptors (Lipinski definition) is 6. The number of anilines is 2. The van der Waals surface area contributed by atoms with Crippen molar-refractivity contribution in [3.8, 4) is 5.75 Å². The molecule has 2 rings (SSSR count). The highest BCUT2D eigenvalue weighted by atomic mass is 16.5. The van der Waals surface area contributed by atoms with E-state index in [0.717, 1.165) is 5.69 Å².